The molecule has 0 heterocycles. The largest absolute Gasteiger partial charge is 0.0683 e. The zero-order chi connectivity index (χ0) is 13.5. The fraction of sp³-hybridized carbons (Fsp3) is 0.647. The standard InChI is InChI=1S/C10H12.C3H8.2C2H6/c1-2-6-10-8-4-3-7-9(10)5-1;1-3-2;2*1-2/h1-2,5-6H,3-4,7-8H2;3H2,1-2H3;2*1-2H3. The molecule has 0 saturated heterocycles. The molecule has 0 amide bonds. The monoisotopic (exact) mass is 236 g/mol. The minimum atomic E-state index is 1.25. The van der Waals surface area contributed by atoms with Gasteiger partial charge in [-0.05, 0) is 36.8 Å². The maximum absolute atomic E-state index is 2.26. The van der Waals surface area contributed by atoms with Crippen LogP contribution in [0.3, 0.4) is 0 Å². The Bertz CT molecular complexity index is 213. The lowest BCUT2D eigenvalue weighted by molar-refractivity contribution is 0.685. The lowest BCUT2D eigenvalue weighted by atomic mass is 9.92. The first-order chi connectivity index (χ1) is 8.38. The van der Waals surface area contributed by atoms with Crippen molar-refractivity contribution >= 4 is 0 Å². The second-order valence-corrected chi connectivity index (χ2v) is 3.68. The molecule has 100 valence electrons. The molecule has 0 atom stereocenters. The molecule has 0 heteroatoms. The molecule has 0 unspecified atom stereocenters. The molecule has 0 aliphatic heterocycles. The van der Waals surface area contributed by atoms with Crippen molar-refractivity contribution < 1.29 is 0 Å². The predicted octanol–water partition coefficient (Wildman–Crippen LogP) is 6.03. The third-order valence-electron chi connectivity index (χ3n) is 2.26. The zero-order valence-corrected chi connectivity index (χ0v) is 12.8. The number of aryl methyl sites for hydroxylation is 2. The van der Waals surface area contributed by atoms with Crippen molar-refractivity contribution in [3.05, 3.63) is 35.4 Å². The van der Waals surface area contributed by atoms with Gasteiger partial charge >= 0.3 is 0 Å². The van der Waals surface area contributed by atoms with E-state index in [0.29, 0.717) is 0 Å². The van der Waals surface area contributed by atoms with Crippen molar-refractivity contribution in [1.82, 2.24) is 0 Å². The van der Waals surface area contributed by atoms with Gasteiger partial charge < -0.3 is 0 Å². The van der Waals surface area contributed by atoms with Crippen LogP contribution in [0.2, 0.25) is 0 Å². The molecular formula is C17H32. The van der Waals surface area contributed by atoms with E-state index in [0.717, 1.165) is 0 Å². The Hall–Kier alpha value is -0.780. The van der Waals surface area contributed by atoms with Crippen molar-refractivity contribution in [2.45, 2.75) is 73.6 Å². The van der Waals surface area contributed by atoms with Crippen LogP contribution >= 0.6 is 0 Å². The SMILES string of the molecule is CC.CC.CCC.c1ccc2c(c1)CCCC2. The fourth-order valence-electron chi connectivity index (χ4n) is 1.68. The number of rotatable bonds is 0. The fourth-order valence-corrected chi connectivity index (χ4v) is 1.68. The van der Waals surface area contributed by atoms with E-state index in [-0.39, 0.29) is 0 Å². The Morgan fingerprint density at radius 2 is 1.06 bits per heavy atom. The molecule has 1 aliphatic rings. The Morgan fingerprint density at radius 1 is 0.765 bits per heavy atom. The Balaban J connectivity index is 0. The number of benzene rings is 1. The highest BCUT2D eigenvalue weighted by Crippen LogP contribution is 2.19. The van der Waals surface area contributed by atoms with E-state index in [4.69, 9.17) is 0 Å². The minimum absolute atomic E-state index is 1.25. The first kappa shape index (κ1) is 18.6. The first-order valence-corrected chi connectivity index (χ1v) is 7.45. The highest BCUT2D eigenvalue weighted by Gasteiger charge is 2.05. The summed E-state index contributed by atoms with van der Waals surface area (Å²) in [6.07, 6.45) is 6.63. The molecule has 0 fully saturated rings. The van der Waals surface area contributed by atoms with E-state index in [1.54, 1.807) is 11.1 Å². The van der Waals surface area contributed by atoms with Gasteiger partial charge in [-0.3, -0.25) is 0 Å². The van der Waals surface area contributed by atoms with Gasteiger partial charge in [0.05, 0.1) is 0 Å². The summed E-state index contributed by atoms with van der Waals surface area (Å²) in [5.74, 6) is 0. The summed E-state index contributed by atoms with van der Waals surface area (Å²) in [6, 6.07) is 8.80. The predicted molar refractivity (Wildman–Crippen MR) is 81.7 cm³/mol. The third-order valence-corrected chi connectivity index (χ3v) is 2.26. The van der Waals surface area contributed by atoms with Crippen molar-refractivity contribution in [3.8, 4) is 0 Å². The molecule has 0 nitrogen and oxygen atoms in total. The molecule has 0 N–H and O–H groups in total. The van der Waals surface area contributed by atoms with Crippen LogP contribution in [-0.2, 0) is 12.8 Å². The van der Waals surface area contributed by atoms with Crippen LogP contribution in [-0.4, -0.2) is 0 Å². The average molecular weight is 236 g/mol. The summed E-state index contributed by atoms with van der Waals surface area (Å²) in [7, 11) is 0. The van der Waals surface area contributed by atoms with Crippen LogP contribution in [0.1, 0.15) is 71.9 Å². The molecule has 0 saturated carbocycles. The summed E-state index contributed by atoms with van der Waals surface area (Å²) in [6.45, 7) is 12.2. The third kappa shape index (κ3) is 8.97. The molecule has 1 aromatic carbocycles. The van der Waals surface area contributed by atoms with Crippen LogP contribution in [0.25, 0.3) is 0 Å². The quantitative estimate of drug-likeness (QED) is 0.515. The van der Waals surface area contributed by atoms with Crippen molar-refractivity contribution in [1.29, 1.82) is 0 Å². The molecule has 17 heavy (non-hydrogen) atoms. The van der Waals surface area contributed by atoms with E-state index in [1.165, 1.54) is 32.1 Å². The lowest BCUT2D eigenvalue weighted by Crippen LogP contribution is -2.00. The van der Waals surface area contributed by atoms with Crippen molar-refractivity contribution in [2.24, 2.45) is 0 Å². The lowest BCUT2D eigenvalue weighted by Gasteiger charge is -2.13. The summed E-state index contributed by atoms with van der Waals surface area (Å²) >= 11 is 0. The highest BCUT2D eigenvalue weighted by atomic mass is 14.1. The molecule has 0 spiro atoms. The molecule has 1 aliphatic carbocycles. The second kappa shape index (κ2) is 15.2. The normalized spacial score (nSPS) is 11.4. The Morgan fingerprint density at radius 3 is 1.35 bits per heavy atom. The Labute approximate surface area is 109 Å². The number of hydrogen-bond donors (Lipinski definition) is 0. The van der Waals surface area contributed by atoms with E-state index in [9.17, 15) is 0 Å². The number of hydrogen-bond acceptors (Lipinski definition) is 0. The highest BCUT2D eigenvalue weighted by molar-refractivity contribution is 5.28. The van der Waals surface area contributed by atoms with Crippen LogP contribution in [0.5, 0.6) is 0 Å². The molecule has 0 radical (unpaired) electrons. The Kier molecular flexibility index (Phi) is 16.6. The van der Waals surface area contributed by atoms with E-state index >= 15 is 0 Å². The molecule has 0 bridgehead atoms. The molecular weight excluding hydrogens is 204 g/mol. The number of fused-ring (bicyclic) bond motifs is 1. The van der Waals surface area contributed by atoms with Crippen LogP contribution in [0.15, 0.2) is 24.3 Å². The molecule has 1 aromatic rings. The summed E-state index contributed by atoms with van der Waals surface area (Å²) in [5, 5.41) is 0. The van der Waals surface area contributed by atoms with E-state index in [2.05, 4.69) is 38.1 Å². The van der Waals surface area contributed by atoms with Gasteiger partial charge in [-0.15, -0.1) is 0 Å². The maximum Gasteiger partial charge on any atom is -0.0276 e. The zero-order valence-electron chi connectivity index (χ0n) is 12.8. The van der Waals surface area contributed by atoms with Crippen LogP contribution in [0.4, 0.5) is 0 Å². The van der Waals surface area contributed by atoms with Gasteiger partial charge in [0.15, 0.2) is 0 Å². The topological polar surface area (TPSA) is 0 Å². The van der Waals surface area contributed by atoms with Gasteiger partial charge in [-0.1, -0.05) is 72.2 Å². The van der Waals surface area contributed by atoms with Gasteiger partial charge in [0.1, 0.15) is 0 Å². The summed E-state index contributed by atoms with van der Waals surface area (Å²) < 4.78 is 0. The average Bonchev–Trinajstić information content (AvgIpc) is 2.44. The summed E-state index contributed by atoms with van der Waals surface area (Å²) in [4.78, 5) is 0. The van der Waals surface area contributed by atoms with Gasteiger partial charge in [0.2, 0.25) is 0 Å². The van der Waals surface area contributed by atoms with Crippen molar-refractivity contribution in [2.75, 3.05) is 0 Å². The minimum Gasteiger partial charge on any atom is -0.0683 e. The smallest absolute Gasteiger partial charge is 0.0276 e. The van der Waals surface area contributed by atoms with Gasteiger partial charge in [0.25, 0.3) is 0 Å². The van der Waals surface area contributed by atoms with Crippen molar-refractivity contribution in [3.63, 3.8) is 0 Å². The summed E-state index contributed by atoms with van der Waals surface area (Å²) in [5.41, 5.74) is 3.16. The molecule has 2 rings (SSSR count). The van der Waals surface area contributed by atoms with Crippen LogP contribution in [0, 0.1) is 0 Å². The van der Waals surface area contributed by atoms with Gasteiger partial charge in [0, 0.05) is 0 Å². The second-order valence-electron chi connectivity index (χ2n) is 3.68. The van der Waals surface area contributed by atoms with Crippen LogP contribution < -0.4 is 0 Å². The maximum atomic E-state index is 2.26. The van der Waals surface area contributed by atoms with Gasteiger partial charge in [-0.2, -0.15) is 0 Å². The van der Waals surface area contributed by atoms with Gasteiger partial charge in [-0.25, -0.2) is 0 Å². The van der Waals surface area contributed by atoms with E-state index < -0.39 is 0 Å². The molecule has 0 aromatic heterocycles. The van der Waals surface area contributed by atoms with E-state index in [1.807, 2.05) is 27.7 Å². The first-order valence-electron chi connectivity index (χ1n) is 7.45.